The number of halogens is 3. The molecule has 3 N–H and O–H groups in total. The topological polar surface area (TPSA) is 122 Å². The maximum Gasteiger partial charge on any atom is 0.501 e. The monoisotopic (exact) mass is 440 g/mol. The lowest BCUT2D eigenvalue weighted by Gasteiger charge is -2.14. The Kier molecular flexibility index (Phi) is 4.31. The number of nitrogen functional groups attached to an aromatic ring is 1. The van der Waals surface area contributed by atoms with E-state index in [2.05, 4.69) is 10.3 Å². The van der Waals surface area contributed by atoms with E-state index in [0.717, 1.165) is 22.6 Å². The van der Waals surface area contributed by atoms with Gasteiger partial charge in [-0.3, -0.25) is 9.78 Å². The van der Waals surface area contributed by atoms with Gasteiger partial charge in [0.05, 0.1) is 22.5 Å². The van der Waals surface area contributed by atoms with Crippen LogP contribution in [0, 0.1) is 5.92 Å². The average Bonchev–Trinajstić information content (AvgIpc) is 3.29. The van der Waals surface area contributed by atoms with Crippen molar-refractivity contribution < 1.29 is 31.2 Å². The van der Waals surface area contributed by atoms with Gasteiger partial charge in [0.1, 0.15) is 5.54 Å². The fourth-order valence-corrected chi connectivity index (χ4v) is 4.37. The lowest BCUT2D eigenvalue weighted by atomic mass is 10.0. The molecule has 1 saturated carbocycles. The Labute approximate surface area is 168 Å². The molecule has 12 heteroatoms. The minimum Gasteiger partial charge on any atom is -0.397 e. The maximum atomic E-state index is 12.9. The summed E-state index contributed by atoms with van der Waals surface area (Å²) in [5, 5.41) is 2.64. The van der Waals surface area contributed by atoms with Gasteiger partial charge in [-0.05, 0) is 54.7 Å². The molecule has 2 aromatic rings. The molecular weight excluding hydrogens is 425 g/mol. The molecule has 1 saturated heterocycles. The highest BCUT2D eigenvalue weighted by atomic mass is 32.2. The predicted molar refractivity (Wildman–Crippen MR) is 98.9 cm³/mol. The normalized spacial score (nSPS) is 23.7. The third-order valence-electron chi connectivity index (χ3n) is 5.35. The molecule has 4 rings (SSSR count). The fraction of sp³-hybridized carbons (Fsp3) is 0.278. The molecule has 30 heavy (non-hydrogen) atoms. The van der Waals surface area contributed by atoms with Crippen molar-refractivity contribution in [2.75, 3.05) is 10.6 Å². The second-order valence-corrected chi connectivity index (χ2v) is 9.11. The van der Waals surface area contributed by atoms with E-state index in [1.165, 1.54) is 6.20 Å². The van der Waals surface area contributed by atoms with Crippen LogP contribution < -0.4 is 16.0 Å². The Hall–Kier alpha value is -3.15. The number of imide groups is 1. The number of nitrogens with one attached hydrogen (secondary N) is 1. The Bertz CT molecular complexity index is 1150. The van der Waals surface area contributed by atoms with Crippen LogP contribution in [-0.4, -0.2) is 36.4 Å². The number of rotatable bonds is 4. The van der Waals surface area contributed by atoms with Crippen molar-refractivity contribution in [3.63, 3.8) is 0 Å². The van der Waals surface area contributed by atoms with E-state index in [1.54, 1.807) is 12.3 Å². The second-order valence-electron chi connectivity index (χ2n) is 7.16. The summed E-state index contributed by atoms with van der Waals surface area (Å²) in [6.45, 7) is 0. The highest BCUT2D eigenvalue weighted by Crippen LogP contribution is 2.50. The Morgan fingerprint density at radius 2 is 1.87 bits per heavy atom. The van der Waals surface area contributed by atoms with Gasteiger partial charge in [0.2, 0.25) is 0 Å². The van der Waals surface area contributed by atoms with Crippen molar-refractivity contribution in [1.29, 1.82) is 0 Å². The van der Waals surface area contributed by atoms with Gasteiger partial charge in [-0.25, -0.2) is 18.1 Å². The Balaban J connectivity index is 1.55. The first kappa shape index (κ1) is 20.1. The zero-order valence-corrected chi connectivity index (χ0v) is 16.0. The summed E-state index contributed by atoms with van der Waals surface area (Å²) in [6.07, 6.45) is 3.88. The third kappa shape index (κ3) is 2.98. The predicted octanol–water partition coefficient (Wildman–Crippen LogP) is 2.01. The van der Waals surface area contributed by atoms with E-state index >= 15 is 0 Å². The molecule has 2 atom stereocenters. The number of aromatic nitrogens is 1. The first-order valence-electron chi connectivity index (χ1n) is 8.74. The fourth-order valence-electron chi connectivity index (χ4n) is 3.61. The number of amides is 3. The molecule has 2 heterocycles. The van der Waals surface area contributed by atoms with Crippen LogP contribution in [0.2, 0.25) is 0 Å². The smallest absolute Gasteiger partial charge is 0.397 e. The highest BCUT2D eigenvalue weighted by molar-refractivity contribution is 7.92. The molecule has 1 aromatic heterocycles. The molecule has 3 amide bonds. The summed E-state index contributed by atoms with van der Waals surface area (Å²) in [7, 11) is -5.52. The lowest BCUT2D eigenvalue weighted by Crippen LogP contribution is -2.35. The second kappa shape index (κ2) is 6.42. The first-order valence-corrected chi connectivity index (χ1v) is 10.2. The number of benzene rings is 1. The summed E-state index contributed by atoms with van der Waals surface area (Å²) >= 11 is 0. The van der Waals surface area contributed by atoms with Crippen LogP contribution in [0.1, 0.15) is 12.0 Å². The van der Waals surface area contributed by atoms with Crippen molar-refractivity contribution in [3.05, 3.63) is 48.3 Å². The molecule has 0 radical (unpaired) electrons. The van der Waals surface area contributed by atoms with Gasteiger partial charge in [0.15, 0.2) is 0 Å². The molecule has 1 spiro atoms. The van der Waals surface area contributed by atoms with Gasteiger partial charge in [0.25, 0.3) is 15.7 Å². The van der Waals surface area contributed by atoms with Crippen molar-refractivity contribution >= 4 is 33.2 Å². The number of pyridine rings is 1. The SMILES string of the molecule is Nc1cnccc1CC1CC12NC(=O)N(c1ccc(S(=O)(=O)C(F)(F)F)cc1)C2=O. The number of nitrogens with zero attached hydrogens (tertiary/aromatic N) is 2. The van der Waals surface area contributed by atoms with Crippen LogP contribution in [0.4, 0.5) is 29.3 Å². The van der Waals surface area contributed by atoms with Crippen molar-refractivity contribution in [2.45, 2.75) is 28.8 Å². The molecule has 158 valence electrons. The van der Waals surface area contributed by atoms with Gasteiger partial charge in [-0.15, -0.1) is 0 Å². The molecule has 8 nitrogen and oxygen atoms in total. The largest absolute Gasteiger partial charge is 0.501 e. The molecule has 1 aromatic carbocycles. The van der Waals surface area contributed by atoms with E-state index in [-0.39, 0.29) is 11.6 Å². The quantitative estimate of drug-likeness (QED) is 0.702. The molecule has 1 aliphatic heterocycles. The van der Waals surface area contributed by atoms with Crippen LogP contribution in [0.5, 0.6) is 0 Å². The summed E-state index contributed by atoms with van der Waals surface area (Å²) in [5.41, 5.74) is 0.543. The van der Waals surface area contributed by atoms with Crippen molar-refractivity contribution in [1.82, 2.24) is 10.3 Å². The molecule has 2 fully saturated rings. The first-order chi connectivity index (χ1) is 14.0. The number of alkyl halides is 3. The number of sulfone groups is 1. The summed E-state index contributed by atoms with van der Waals surface area (Å²) in [4.78, 5) is 29.1. The average molecular weight is 440 g/mol. The minimum atomic E-state index is -5.52. The minimum absolute atomic E-state index is 0.0235. The molecule has 2 unspecified atom stereocenters. The highest BCUT2D eigenvalue weighted by Gasteiger charge is 2.67. The Morgan fingerprint density at radius 1 is 1.20 bits per heavy atom. The van der Waals surface area contributed by atoms with Crippen LogP contribution in [0.3, 0.4) is 0 Å². The van der Waals surface area contributed by atoms with E-state index in [9.17, 15) is 31.2 Å². The number of carbonyl (C=O) groups excluding carboxylic acids is 2. The number of hydrogen-bond donors (Lipinski definition) is 2. The number of nitrogens with two attached hydrogens (primary N) is 1. The van der Waals surface area contributed by atoms with Gasteiger partial charge in [-0.2, -0.15) is 13.2 Å². The van der Waals surface area contributed by atoms with Crippen LogP contribution in [0.25, 0.3) is 0 Å². The number of carbonyl (C=O) groups is 2. The Morgan fingerprint density at radius 3 is 2.47 bits per heavy atom. The molecular formula is C18H15F3N4O4S. The van der Waals surface area contributed by atoms with Gasteiger partial charge < -0.3 is 11.1 Å². The summed E-state index contributed by atoms with van der Waals surface area (Å²) < 4.78 is 61.0. The maximum absolute atomic E-state index is 12.9. The van der Waals surface area contributed by atoms with Gasteiger partial charge in [0, 0.05) is 6.20 Å². The molecule has 2 aliphatic rings. The van der Waals surface area contributed by atoms with Crippen molar-refractivity contribution in [2.24, 2.45) is 5.92 Å². The zero-order chi connectivity index (χ0) is 21.9. The standard InChI is InChI=1S/C18H15F3N4O4S/c19-18(20,21)30(28,29)13-3-1-12(2-4-13)25-15(26)17(24-16(25)27)8-11(17)7-10-5-6-23-9-14(10)22/h1-6,9,11H,7-8,22H2,(H,24,27). The number of hydrogen-bond acceptors (Lipinski definition) is 6. The van der Waals surface area contributed by atoms with Crippen LogP contribution in [0.15, 0.2) is 47.6 Å². The van der Waals surface area contributed by atoms with E-state index in [0.29, 0.717) is 30.7 Å². The van der Waals surface area contributed by atoms with Gasteiger partial charge in [-0.1, -0.05) is 0 Å². The zero-order valence-electron chi connectivity index (χ0n) is 15.2. The van der Waals surface area contributed by atoms with Crippen molar-refractivity contribution in [3.8, 4) is 0 Å². The third-order valence-corrected chi connectivity index (χ3v) is 6.85. The molecule has 1 aliphatic carbocycles. The van der Waals surface area contributed by atoms with Crippen LogP contribution >= 0.6 is 0 Å². The number of anilines is 2. The van der Waals surface area contributed by atoms with E-state index < -0.39 is 37.7 Å². The lowest BCUT2D eigenvalue weighted by molar-refractivity contribution is -0.119. The van der Waals surface area contributed by atoms with E-state index in [4.69, 9.17) is 5.73 Å². The van der Waals surface area contributed by atoms with E-state index in [1.807, 2.05) is 0 Å². The van der Waals surface area contributed by atoms with Crippen LogP contribution in [-0.2, 0) is 21.1 Å². The summed E-state index contributed by atoms with van der Waals surface area (Å²) in [6, 6.07) is 4.41. The van der Waals surface area contributed by atoms with Gasteiger partial charge >= 0.3 is 11.5 Å². The number of urea groups is 1. The molecule has 0 bridgehead atoms. The summed E-state index contributed by atoms with van der Waals surface area (Å²) in [5.74, 6) is -0.745.